The van der Waals surface area contributed by atoms with Gasteiger partial charge in [0.05, 0.1) is 18.9 Å². The summed E-state index contributed by atoms with van der Waals surface area (Å²) >= 11 is 0. The molecule has 1 fully saturated rings. The number of aliphatic imine (C=N–C) groups is 1. The zero-order valence-corrected chi connectivity index (χ0v) is 19.1. The van der Waals surface area contributed by atoms with Crippen molar-refractivity contribution in [2.24, 2.45) is 10.4 Å². The number of amidine groups is 1. The summed E-state index contributed by atoms with van der Waals surface area (Å²) in [6.07, 6.45) is 1.90. The van der Waals surface area contributed by atoms with Crippen molar-refractivity contribution in [2.45, 2.75) is 39.5 Å². The van der Waals surface area contributed by atoms with Gasteiger partial charge in [0.15, 0.2) is 0 Å². The average molecular weight is 437 g/mol. The molecule has 6 heteroatoms. The van der Waals surface area contributed by atoms with E-state index < -0.39 is 23.3 Å². The molecule has 1 atom stereocenters. The molecule has 32 heavy (non-hydrogen) atoms. The zero-order chi connectivity index (χ0) is 23.0. The molecule has 0 radical (unpaired) electrons. The van der Waals surface area contributed by atoms with Crippen LogP contribution in [0.1, 0.15) is 45.1 Å². The summed E-state index contributed by atoms with van der Waals surface area (Å²) in [5.41, 5.74) is -0.110. The van der Waals surface area contributed by atoms with Crippen molar-refractivity contribution in [3.05, 3.63) is 66.2 Å². The Morgan fingerprint density at radius 2 is 1.50 bits per heavy atom. The Kier molecular flexibility index (Phi) is 8.03. The van der Waals surface area contributed by atoms with Crippen LogP contribution >= 0.6 is 0 Å². The maximum atomic E-state index is 13.7. The molecule has 0 bridgehead atoms. The van der Waals surface area contributed by atoms with Crippen molar-refractivity contribution in [2.75, 3.05) is 26.3 Å². The fraction of sp³-hybridized carbons (Fsp3) is 0.423. The SMILES string of the molecule is CCCCN1CC(c2ccccc2)C(C(=O)OCC)(C(=O)OCC)C1=Nc1ccccc1. The maximum absolute atomic E-state index is 13.7. The third-order valence-corrected chi connectivity index (χ3v) is 5.75. The number of likely N-dealkylation sites (tertiary alicyclic amines) is 1. The molecule has 1 saturated heterocycles. The van der Waals surface area contributed by atoms with Crippen LogP contribution in [0, 0.1) is 5.41 Å². The van der Waals surface area contributed by atoms with Gasteiger partial charge in [0.2, 0.25) is 5.41 Å². The number of benzene rings is 2. The molecular weight excluding hydrogens is 404 g/mol. The molecule has 2 aromatic rings. The van der Waals surface area contributed by atoms with Crippen LogP contribution in [0.2, 0.25) is 0 Å². The van der Waals surface area contributed by atoms with Crippen molar-refractivity contribution < 1.29 is 19.1 Å². The Morgan fingerprint density at radius 3 is 2.03 bits per heavy atom. The van der Waals surface area contributed by atoms with E-state index in [1.807, 2.05) is 60.7 Å². The Hall–Kier alpha value is -3.15. The van der Waals surface area contributed by atoms with Gasteiger partial charge in [-0.15, -0.1) is 0 Å². The minimum Gasteiger partial charge on any atom is -0.465 e. The van der Waals surface area contributed by atoms with Crippen LogP contribution in [0.3, 0.4) is 0 Å². The van der Waals surface area contributed by atoms with E-state index in [0.717, 1.165) is 18.4 Å². The number of para-hydroxylation sites is 1. The first-order valence-electron chi connectivity index (χ1n) is 11.4. The van der Waals surface area contributed by atoms with Gasteiger partial charge >= 0.3 is 11.9 Å². The highest BCUT2D eigenvalue weighted by Gasteiger charge is 2.65. The third-order valence-electron chi connectivity index (χ3n) is 5.75. The smallest absolute Gasteiger partial charge is 0.332 e. The van der Waals surface area contributed by atoms with Gasteiger partial charge in [0.25, 0.3) is 0 Å². The summed E-state index contributed by atoms with van der Waals surface area (Å²) in [5.74, 6) is -1.29. The molecule has 6 nitrogen and oxygen atoms in total. The highest BCUT2D eigenvalue weighted by atomic mass is 16.6. The number of unbranched alkanes of at least 4 members (excludes halogenated alkanes) is 1. The second-order valence-corrected chi connectivity index (χ2v) is 7.78. The molecule has 1 aliphatic rings. The zero-order valence-electron chi connectivity index (χ0n) is 19.1. The molecular formula is C26H32N2O4. The van der Waals surface area contributed by atoms with Gasteiger partial charge in [-0.2, -0.15) is 0 Å². The molecule has 0 N–H and O–H groups in total. The van der Waals surface area contributed by atoms with Gasteiger partial charge in [0.1, 0.15) is 5.84 Å². The third kappa shape index (κ3) is 4.54. The van der Waals surface area contributed by atoms with Crippen LogP contribution in [0.15, 0.2) is 65.7 Å². The Morgan fingerprint density at radius 1 is 0.938 bits per heavy atom. The fourth-order valence-corrected chi connectivity index (χ4v) is 4.26. The van der Waals surface area contributed by atoms with E-state index in [9.17, 15) is 9.59 Å². The van der Waals surface area contributed by atoms with Gasteiger partial charge in [-0.1, -0.05) is 61.9 Å². The molecule has 1 heterocycles. The van der Waals surface area contributed by atoms with Crippen LogP contribution in [-0.2, 0) is 19.1 Å². The van der Waals surface area contributed by atoms with Crippen molar-refractivity contribution in [3.63, 3.8) is 0 Å². The summed E-state index contributed by atoms with van der Waals surface area (Å²) in [7, 11) is 0. The largest absolute Gasteiger partial charge is 0.465 e. The number of esters is 2. The van der Waals surface area contributed by atoms with Crippen LogP contribution in [0.5, 0.6) is 0 Å². The molecule has 0 saturated carbocycles. The summed E-state index contributed by atoms with van der Waals surface area (Å²) in [6, 6.07) is 19.0. The van der Waals surface area contributed by atoms with Gasteiger partial charge in [-0.3, -0.25) is 9.59 Å². The first kappa shape index (κ1) is 23.5. The second kappa shape index (κ2) is 10.9. The number of carbonyl (C=O) groups excluding carboxylic acids is 2. The summed E-state index contributed by atoms with van der Waals surface area (Å²) in [6.45, 7) is 7.09. The lowest BCUT2D eigenvalue weighted by molar-refractivity contribution is -0.167. The molecule has 170 valence electrons. The van der Waals surface area contributed by atoms with Crippen molar-refractivity contribution >= 4 is 23.5 Å². The van der Waals surface area contributed by atoms with Crippen LogP contribution in [-0.4, -0.2) is 49.0 Å². The lowest BCUT2D eigenvalue weighted by Crippen LogP contribution is -2.51. The van der Waals surface area contributed by atoms with E-state index in [4.69, 9.17) is 14.5 Å². The van der Waals surface area contributed by atoms with E-state index in [-0.39, 0.29) is 13.2 Å². The lowest BCUT2D eigenvalue weighted by Gasteiger charge is -2.31. The monoisotopic (exact) mass is 436 g/mol. The highest BCUT2D eigenvalue weighted by molar-refractivity contribution is 6.24. The number of hydrogen-bond acceptors (Lipinski definition) is 5. The molecule has 1 aliphatic heterocycles. The van der Waals surface area contributed by atoms with E-state index >= 15 is 0 Å². The van der Waals surface area contributed by atoms with Crippen molar-refractivity contribution in [1.29, 1.82) is 0 Å². The maximum Gasteiger partial charge on any atom is 0.332 e. The quantitative estimate of drug-likeness (QED) is 0.420. The summed E-state index contributed by atoms with van der Waals surface area (Å²) < 4.78 is 11.0. The van der Waals surface area contributed by atoms with Crippen molar-refractivity contribution in [1.82, 2.24) is 4.90 Å². The molecule has 0 spiro atoms. The number of carbonyl (C=O) groups is 2. The van der Waals surface area contributed by atoms with Gasteiger partial charge < -0.3 is 14.4 Å². The Labute approximate surface area is 190 Å². The number of rotatable bonds is 9. The first-order chi connectivity index (χ1) is 15.6. The van der Waals surface area contributed by atoms with E-state index in [2.05, 4.69) is 11.8 Å². The van der Waals surface area contributed by atoms with E-state index in [0.29, 0.717) is 24.6 Å². The molecule has 0 aliphatic carbocycles. The lowest BCUT2D eigenvalue weighted by atomic mass is 9.73. The van der Waals surface area contributed by atoms with Crippen LogP contribution in [0.25, 0.3) is 0 Å². The van der Waals surface area contributed by atoms with Crippen LogP contribution < -0.4 is 0 Å². The predicted molar refractivity (Wildman–Crippen MR) is 125 cm³/mol. The number of nitrogens with zero attached hydrogens (tertiary/aromatic N) is 2. The van der Waals surface area contributed by atoms with Gasteiger partial charge in [0, 0.05) is 19.0 Å². The Bertz CT molecular complexity index is 909. The first-order valence-corrected chi connectivity index (χ1v) is 11.4. The number of hydrogen-bond donors (Lipinski definition) is 0. The van der Waals surface area contributed by atoms with Gasteiger partial charge in [-0.25, -0.2) is 4.99 Å². The Balaban J connectivity index is 2.28. The standard InChI is InChI=1S/C26H32N2O4/c1-4-7-18-28-19-22(20-14-10-8-11-15-20)26(24(29)31-5-2,25(30)32-6-3)23(28)27-21-16-12-9-13-17-21/h8-17,22H,4-7,18-19H2,1-3H3. The van der Waals surface area contributed by atoms with Gasteiger partial charge in [-0.05, 0) is 38.0 Å². The predicted octanol–water partition coefficient (Wildman–Crippen LogP) is 4.73. The minimum atomic E-state index is -1.67. The van der Waals surface area contributed by atoms with Crippen molar-refractivity contribution in [3.8, 4) is 0 Å². The van der Waals surface area contributed by atoms with E-state index in [1.165, 1.54) is 0 Å². The number of ether oxygens (including phenoxy) is 2. The fourth-order valence-electron chi connectivity index (χ4n) is 4.26. The second-order valence-electron chi connectivity index (χ2n) is 7.78. The highest BCUT2D eigenvalue weighted by Crippen LogP contribution is 2.47. The molecule has 2 aromatic carbocycles. The molecule has 1 unspecified atom stereocenters. The molecule has 0 amide bonds. The summed E-state index contributed by atoms with van der Waals surface area (Å²) in [4.78, 5) is 34.2. The normalized spacial score (nSPS) is 18.5. The van der Waals surface area contributed by atoms with E-state index in [1.54, 1.807) is 13.8 Å². The molecule has 0 aromatic heterocycles. The minimum absolute atomic E-state index is 0.162. The van der Waals surface area contributed by atoms with Crippen LogP contribution in [0.4, 0.5) is 5.69 Å². The topological polar surface area (TPSA) is 68.2 Å². The molecule has 3 rings (SSSR count). The average Bonchev–Trinajstić information content (AvgIpc) is 3.14. The summed E-state index contributed by atoms with van der Waals surface area (Å²) in [5, 5.41) is 0.